The first kappa shape index (κ1) is 21.7. The molecule has 0 fully saturated rings. The maximum absolute atomic E-state index is 12.4. The summed E-state index contributed by atoms with van der Waals surface area (Å²) in [5.41, 5.74) is 7.17. The first-order chi connectivity index (χ1) is 12.0. The molecular weight excluding hydrogens is 459 g/mol. The largest absolute Gasteiger partial charge is 0.495 e. The van der Waals surface area contributed by atoms with Crippen LogP contribution in [0.3, 0.4) is 0 Å². The monoisotopic (exact) mass is 479 g/mol. The SMILES string of the molecule is COc1ccccc1NC(N)=NCc1ccc(OC)c(OC(F)F)c1.I. The van der Waals surface area contributed by atoms with E-state index in [1.54, 1.807) is 25.3 Å². The second-order valence-corrected chi connectivity index (χ2v) is 4.89. The van der Waals surface area contributed by atoms with Crippen molar-refractivity contribution in [2.75, 3.05) is 19.5 Å². The second kappa shape index (κ2) is 10.6. The summed E-state index contributed by atoms with van der Waals surface area (Å²) in [5.74, 6) is 0.948. The number of methoxy groups -OCH3 is 2. The maximum atomic E-state index is 12.4. The number of benzene rings is 2. The van der Waals surface area contributed by atoms with Crippen LogP contribution in [0.1, 0.15) is 5.56 Å². The highest BCUT2D eigenvalue weighted by molar-refractivity contribution is 14.0. The topological polar surface area (TPSA) is 78.1 Å². The van der Waals surface area contributed by atoms with Crippen LogP contribution in [0.5, 0.6) is 17.2 Å². The number of alkyl halides is 2. The summed E-state index contributed by atoms with van der Waals surface area (Å²) in [6, 6.07) is 11.9. The number of hydrogen-bond acceptors (Lipinski definition) is 4. The molecule has 0 saturated carbocycles. The van der Waals surface area contributed by atoms with Crippen LogP contribution in [0.4, 0.5) is 14.5 Å². The molecular formula is C17H20F2IN3O3. The predicted octanol–water partition coefficient (Wildman–Crippen LogP) is 3.85. The molecule has 142 valence electrons. The fraction of sp³-hybridized carbons (Fsp3) is 0.235. The van der Waals surface area contributed by atoms with Crippen LogP contribution < -0.4 is 25.3 Å². The molecule has 0 radical (unpaired) electrons. The highest BCUT2D eigenvalue weighted by Gasteiger charge is 2.11. The Morgan fingerprint density at radius 2 is 1.77 bits per heavy atom. The Labute approximate surface area is 167 Å². The molecule has 0 unspecified atom stereocenters. The van der Waals surface area contributed by atoms with Crippen molar-refractivity contribution in [1.82, 2.24) is 0 Å². The number of nitrogens with one attached hydrogen (secondary N) is 1. The summed E-state index contributed by atoms with van der Waals surface area (Å²) in [7, 11) is 2.93. The van der Waals surface area contributed by atoms with E-state index in [4.69, 9.17) is 15.2 Å². The van der Waals surface area contributed by atoms with Gasteiger partial charge in [-0.25, -0.2) is 4.99 Å². The van der Waals surface area contributed by atoms with E-state index >= 15 is 0 Å². The van der Waals surface area contributed by atoms with Gasteiger partial charge in [-0.15, -0.1) is 24.0 Å². The third-order valence-electron chi connectivity index (χ3n) is 3.25. The highest BCUT2D eigenvalue weighted by Crippen LogP contribution is 2.29. The molecule has 0 heterocycles. The van der Waals surface area contributed by atoms with E-state index in [2.05, 4.69) is 15.0 Å². The lowest BCUT2D eigenvalue weighted by Gasteiger charge is -2.12. The Kier molecular flexibility index (Phi) is 8.90. The summed E-state index contributed by atoms with van der Waals surface area (Å²) in [6.45, 7) is -2.76. The lowest BCUT2D eigenvalue weighted by Crippen LogP contribution is -2.22. The van der Waals surface area contributed by atoms with Crippen LogP contribution in [0.2, 0.25) is 0 Å². The van der Waals surface area contributed by atoms with E-state index < -0.39 is 6.61 Å². The van der Waals surface area contributed by atoms with Crippen molar-refractivity contribution in [3.63, 3.8) is 0 Å². The zero-order valence-corrected chi connectivity index (χ0v) is 16.6. The normalized spacial score (nSPS) is 10.9. The number of anilines is 1. The van der Waals surface area contributed by atoms with Gasteiger partial charge in [0.05, 0.1) is 26.5 Å². The lowest BCUT2D eigenvalue weighted by atomic mass is 10.2. The third-order valence-corrected chi connectivity index (χ3v) is 3.25. The van der Waals surface area contributed by atoms with Crippen LogP contribution in [-0.2, 0) is 6.54 Å². The molecule has 0 saturated heterocycles. The highest BCUT2D eigenvalue weighted by atomic mass is 127. The van der Waals surface area contributed by atoms with E-state index in [0.717, 1.165) is 0 Å². The zero-order chi connectivity index (χ0) is 18.2. The standard InChI is InChI=1S/C17H19F2N3O3.HI/c1-23-13-6-4-3-5-12(13)22-17(20)21-10-11-7-8-14(24-2)15(9-11)25-16(18)19;/h3-9,16H,10H2,1-2H3,(H3,20,21,22);1H. The van der Waals surface area contributed by atoms with Gasteiger partial charge in [0.1, 0.15) is 5.75 Å². The number of halogens is 3. The molecule has 0 aliphatic rings. The maximum Gasteiger partial charge on any atom is 0.387 e. The van der Waals surface area contributed by atoms with Crippen LogP contribution in [0.25, 0.3) is 0 Å². The summed E-state index contributed by atoms with van der Waals surface area (Å²) < 4.78 is 39.5. The Hall–Kier alpha value is -2.30. The van der Waals surface area contributed by atoms with Crippen molar-refractivity contribution < 1.29 is 23.0 Å². The number of hydrogen-bond donors (Lipinski definition) is 2. The van der Waals surface area contributed by atoms with Crippen molar-refractivity contribution in [2.45, 2.75) is 13.2 Å². The van der Waals surface area contributed by atoms with E-state index in [1.165, 1.54) is 19.2 Å². The quantitative estimate of drug-likeness (QED) is 0.359. The molecule has 0 atom stereocenters. The molecule has 3 N–H and O–H groups in total. The average Bonchev–Trinajstić information content (AvgIpc) is 2.60. The first-order valence-electron chi connectivity index (χ1n) is 7.35. The summed E-state index contributed by atoms with van der Waals surface area (Å²) in [5, 5.41) is 2.93. The molecule has 0 bridgehead atoms. The average molecular weight is 479 g/mol. The first-order valence-corrected chi connectivity index (χ1v) is 7.35. The van der Waals surface area contributed by atoms with Gasteiger partial charge >= 0.3 is 6.61 Å². The fourth-order valence-corrected chi connectivity index (χ4v) is 2.11. The van der Waals surface area contributed by atoms with Gasteiger partial charge in [-0.3, -0.25) is 0 Å². The van der Waals surface area contributed by atoms with Gasteiger partial charge in [0, 0.05) is 0 Å². The van der Waals surface area contributed by atoms with Crippen molar-refractivity contribution in [3.05, 3.63) is 48.0 Å². The van der Waals surface area contributed by atoms with Crippen molar-refractivity contribution >= 4 is 35.6 Å². The van der Waals surface area contributed by atoms with Crippen molar-refractivity contribution in [2.24, 2.45) is 10.7 Å². The van der Waals surface area contributed by atoms with Crippen LogP contribution >= 0.6 is 24.0 Å². The fourth-order valence-electron chi connectivity index (χ4n) is 2.11. The van der Waals surface area contributed by atoms with Crippen molar-refractivity contribution in [1.29, 1.82) is 0 Å². The minimum Gasteiger partial charge on any atom is -0.495 e. The molecule has 9 heteroatoms. The van der Waals surface area contributed by atoms with Gasteiger partial charge < -0.3 is 25.3 Å². The zero-order valence-electron chi connectivity index (χ0n) is 14.2. The van der Waals surface area contributed by atoms with Crippen LogP contribution in [0, 0.1) is 0 Å². The molecule has 26 heavy (non-hydrogen) atoms. The number of nitrogens with two attached hydrogens (primary N) is 1. The number of ether oxygens (including phenoxy) is 3. The summed E-state index contributed by atoms with van der Waals surface area (Å²) >= 11 is 0. The summed E-state index contributed by atoms with van der Waals surface area (Å²) in [6.07, 6.45) is 0. The number of guanidine groups is 1. The van der Waals surface area contributed by atoms with Gasteiger partial charge in [-0.1, -0.05) is 18.2 Å². The predicted molar refractivity (Wildman–Crippen MR) is 107 cm³/mol. The molecule has 2 rings (SSSR count). The summed E-state index contributed by atoms with van der Waals surface area (Å²) in [4.78, 5) is 4.18. The van der Waals surface area contributed by atoms with E-state index in [0.29, 0.717) is 17.0 Å². The van der Waals surface area contributed by atoms with Crippen molar-refractivity contribution in [3.8, 4) is 17.2 Å². The van der Waals surface area contributed by atoms with Gasteiger partial charge in [0.25, 0.3) is 0 Å². The Balaban J connectivity index is 0.00000338. The van der Waals surface area contributed by atoms with E-state index in [-0.39, 0.29) is 48.0 Å². The molecule has 6 nitrogen and oxygen atoms in total. The second-order valence-electron chi connectivity index (χ2n) is 4.89. The molecule has 2 aromatic rings. The van der Waals surface area contributed by atoms with Crippen LogP contribution in [-0.4, -0.2) is 26.8 Å². The minimum atomic E-state index is -2.94. The minimum absolute atomic E-state index is 0. The van der Waals surface area contributed by atoms with Gasteiger partial charge in [-0.2, -0.15) is 8.78 Å². The Morgan fingerprint density at radius 1 is 1.08 bits per heavy atom. The molecule has 0 aliphatic heterocycles. The van der Waals surface area contributed by atoms with Gasteiger partial charge in [0.15, 0.2) is 17.5 Å². The number of aliphatic imine (C=N–C) groups is 1. The van der Waals surface area contributed by atoms with Crippen LogP contribution in [0.15, 0.2) is 47.5 Å². The smallest absolute Gasteiger partial charge is 0.387 e. The van der Waals surface area contributed by atoms with E-state index in [9.17, 15) is 8.78 Å². The Bertz CT molecular complexity index is 745. The molecule has 0 amide bonds. The molecule has 2 aromatic carbocycles. The van der Waals surface area contributed by atoms with E-state index in [1.807, 2.05) is 12.1 Å². The lowest BCUT2D eigenvalue weighted by molar-refractivity contribution is -0.0512. The molecule has 0 aromatic heterocycles. The number of rotatable bonds is 7. The Morgan fingerprint density at radius 3 is 2.42 bits per heavy atom. The number of nitrogens with zero attached hydrogens (tertiary/aromatic N) is 1. The number of para-hydroxylation sites is 2. The van der Waals surface area contributed by atoms with Gasteiger partial charge in [-0.05, 0) is 29.8 Å². The molecule has 0 spiro atoms. The molecule has 0 aliphatic carbocycles. The van der Waals surface area contributed by atoms with Gasteiger partial charge in [0.2, 0.25) is 0 Å². The third kappa shape index (κ3) is 6.21.